The summed E-state index contributed by atoms with van der Waals surface area (Å²) in [7, 11) is 3.66. The molecule has 0 radical (unpaired) electrons. The van der Waals surface area contributed by atoms with Crippen molar-refractivity contribution in [1.29, 1.82) is 0 Å². The van der Waals surface area contributed by atoms with Crippen LogP contribution in [0.4, 0.5) is 0 Å². The zero-order valence-electron chi connectivity index (χ0n) is 13.8. The quantitative estimate of drug-likeness (QED) is 0.777. The first kappa shape index (κ1) is 17.4. The van der Waals surface area contributed by atoms with E-state index in [1.54, 1.807) is 4.90 Å². The van der Waals surface area contributed by atoms with Gasteiger partial charge in [-0.15, -0.1) is 0 Å². The number of likely N-dealkylation sites (N-methyl/N-ethyl adjacent to an activating group) is 2. The molecule has 1 saturated carbocycles. The molecule has 0 aromatic rings. The van der Waals surface area contributed by atoms with Gasteiger partial charge < -0.3 is 10.6 Å². The Kier molecular flexibility index (Phi) is 7.52. The highest BCUT2D eigenvalue weighted by Crippen LogP contribution is 2.34. The highest BCUT2D eigenvalue weighted by molar-refractivity contribution is 5.77. The molecule has 3 unspecified atom stereocenters. The molecule has 118 valence electrons. The summed E-state index contributed by atoms with van der Waals surface area (Å²) in [4.78, 5) is 16.0. The Balaban J connectivity index is 2.71. The highest BCUT2D eigenvalue weighted by Gasteiger charge is 2.33. The van der Waals surface area contributed by atoms with Gasteiger partial charge in [0.2, 0.25) is 5.91 Å². The summed E-state index contributed by atoms with van der Waals surface area (Å²) >= 11 is 0. The minimum atomic E-state index is 0.195. The third kappa shape index (κ3) is 4.74. The Hall–Kier alpha value is -0.610. The van der Waals surface area contributed by atoms with Gasteiger partial charge in [-0.2, -0.15) is 0 Å². The Morgan fingerprint density at radius 1 is 1.25 bits per heavy atom. The van der Waals surface area contributed by atoms with E-state index in [0.717, 1.165) is 19.0 Å². The molecular formula is C16H33N3O. The van der Waals surface area contributed by atoms with Crippen LogP contribution in [0.1, 0.15) is 46.0 Å². The van der Waals surface area contributed by atoms with Crippen LogP contribution >= 0.6 is 0 Å². The molecular weight excluding hydrogens is 250 g/mol. The molecule has 2 N–H and O–H groups in total. The van der Waals surface area contributed by atoms with Crippen molar-refractivity contribution in [3.05, 3.63) is 0 Å². The minimum Gasteiger partial charge on any atom is -0.348 e. The van der Waals surface area contributed by atoms with Gasteiger partial charge in [0.15, 0.2) is 0 Å². The summed E-state index contributed by atoms with van der Waals surface area (Å²) in [6.45, 7) is 6.62. The van der Waals surface area contributed by atoms with Crippen LogP contribution in [0, 0.1) is 11.8 Å². The Bertz CT molecular complexity index is 293. The van der Waals surface area contributed by atoms with Crippen LogP contribution in [0.5, 0.6) is 0 Å². The number of carbonyl (C=O) groups excluding carboxylic acids is 1. The van der Waals surface area contributed by atoms with E-state index in [4.69, 9.17) is 5.73 Å². The number of rotatable bonds is 7. The highest BCUT2D eigenvalue weighted by atomic mass is 16.2. The van der Waals surface area contributed by atoms with Crippen LogP contribution in [0.25, 0.3) is 0 Å². The number of amides is 1. The van der Waals surface area contributed by atoms with Gasteiger partial charge in [0.05, 0.1) is 6.54 Å². The molecule has 0 spiro atoms. The summed E-state index contributed by atoms with van der Waals surface area (Å²) in [5.74, 6) is 1.56. The van der Waals surface area contributed by atoms with Gasteiger partial charge >= 0.3 is 0 Å². The number of nitrogens with two attached hydrogens (primary N) is 1. The predicted molar refractivity (Wildman–Crippen MR) is 84.5 cm³/mol. The molecule has 4 heteroatoms. The molecule has 1 aliphatic rings. The van der Waals surface area contributed by atoms with Crippen molar-refractivity contribution in [2.24, 2.45) is 17.6 Å². The molecule has 4 nitrogen and oxygen atoms in total. The van der Waals surface area contributed by atoms with E-state index in [9.17, 15) is 4.79 Å². The summed E-state index contributed by atoms with van der Waals surface area (Å²) in [6.07, 6.45) is 6.31. The zero-order chi connectivity index (χ0) is 15.1. The number of carbonyl (C=O) groups is 1. The molecule has 3 atom stereocenters. The first-order valence-electron chi connectivity index (χ1n) is 8.17. The molecule has 0 aromatic heterocycles. The summed E-state index contributed by atoms with van der Waals surface area (Å²) in [6, 6.07) is 0.485. The second-order valence-corrected chi connectivity index (χ2v) is 6.38. The Morgan fingerprint density at radius 2 is 1.95 bits per heavy atom. The summed E-state index contributed by atoms with van der Waals surface area (Å²) in [5.41, 5.74) is 5.97. The number of hydrogen-bond acceptors (Lipinski definition) is 3. The predicted octanol–water partition coefficient (Wildman–Crippen LogP) is 1.94. The van der Waals surface area contributed by atoms with Gasteiger partial charge in [-0.05, 0) is 37.8 Å². The lowest BCUT2D eigenvalue weighted by molar-refractivity contribution is -0.131. The third-order valence-corrected chi connectivity index (χ3v) is 4.78. The van der Waals surface area contributed by atoms with Crippen molar-refractivity contribution in [2.75, 3.05) is 33.7 Å². The van der Waals surface area contributed by atoms with Gasteiger partial charge in [-0.1, -0.05) is 33.1 Å². The third-order valence-electron chi connectivity index (χ3n) is 4.78. The normalized spacial score (nSPS) is 26.8. The molecule has 0 heterocycles. The monoisotopic (exact) mass is 283 g/mol. The fourth-order valence-electron chi connectivity index (χ4n) is 3.47. The second kappa shape index (κ2) is 8.63. The molecule has 1 rings (SSSR count). The van der Waals surface area contributed by atoms with Crippen LogP contribution < -0.4 is 5.73 Å². The van der Waals surface area contributed by atoms with Crippen LogP contribution in [0.15, 0.2) is 0 Å². The maximum atomic E-state index is 12.0. The van der Waals surface area contributed by atoms with E-state index in [1.165, 1.54) is 32.1 Å². The fourth-order valence-corrected chi connectivity index (χ4v) is 3.47. The largest absolute Gasteiger partial charge is 0.348 e. The lowest BCUT2D eigenvalue weighted by Gasteiger charge is -2.42. The first-order chi connectivity index (χ1) is 9.53. The van der Waals surface area contributed by atoms with Crippen molar-refractivity contribution in [3.63, 3.8) is 0 Å². The van der Waals surface area contributed by atoms with Crippen molar-refractivity contribution < 1.29 is 4.79 Å². The van der Waals surface area contributed by atoms with Crippen LogP contribution in [-0.2, 0) is 4.79 Å². The molecule has 1 aliphatic carbocycles. The molecule has 1 amide bonds. The average Bonchev–Trinajstić information content (AvgIpc) is 2.44. The van der Waals surface area contributed by atoms with Gasteiger partial charge in [0.25, 0.3) is 0 Å². The van der Waals surface area contributed by atoms with Gasteiger partial charge in [-0.3, -0.25) is 9.69 Å². The van der Waals surface area contributed by atoms with Gasteiger partial charge in [-0.25, -0.2) is 0 Å². The first-order valence-corrected chi connectivity index (χ1v) is 8.17. The van der Waals surface area contributed by atoms with Gasteiger partial charge in [0, 0.05) is 20.1 Å². The summed E-state index contributed by atoms with van der Waals surface area (Å²) < 4.78 is 0. The second-order valence-electron chi connectivity index (χ2n) is 6.38. The van der Waals surface area contributed by atoms with Crippen molar-refractivity contribution >= 4 is 5.91 Å². The lowest BCUT2D eigenvalue weighted by Crippen LogP contribution is -2.50. The van der Waals surface area contributed by atoms with Crippen molar-refractivity contribution in [1.82, 2.24) is 9.80 Å². The van der Waals surface area contributed by atoms with Crippen molar-refractivity contribution in [2.45, 2.75) is 52.0 Å². The SMILES string of the molecule is CCCC1CCC(CN)C(N(CC)CC(=O)N(C)C)C1. The van der Waals surface area contributed by atoms with Crippen LogP contribution in [0.2, 0.25) is 0 Å². The molecule has 0 saturated heterocycles. The number of hydrogen-bond donors (Lipinski definition) is 1. The van der Waals surface area contributed by atoms with Crippen LogP contribution in [-0.4, -0.2) is 55.5 Å². The standard InChI is InChI=1S/C16H33N3O/c1-5-7-13-8-9-14(11-17)15(10-13)19(6-2)12-16(20)18(3)4/h13-15H,5-12,17H2,1-4H3. The Morgan fingerprint density at radius 3 is 2.45 bits per heavy atom. The average molecular weight is 283 g/mol. The van der Waals surface area contributed by atoms with E-state index >= 15 is 0 Å². The van der Waals surface area contributed by atoms with E-state index in [0.29, 0.717) is 18.5 Å². The van der Waals surface area contributed by atoms with Gasteiger partial charge in [0.1, 0.15) is 0 Å². The van der Waals surface area contributed by atoms with Crippen LogP contribution in [0.3, 0.4) is 0 Å². The summed E-state index contributed by atoms with van der Waals surface area (Å²) in [5, 5.41) is 0. The molecule has 20 heavy (non-hydrogen) atoms. The zero-order valence-corrected chi connectivity index (χ0v) is 13.8. The number of nitrogens with zero attached hydrogens (tertiary/aromatic N) is 2. The van der Waals surface area contributed by atoms with E-state index in [2.05, 4.69) is 18.7 Å². The van der Waals surface area contributed by atoms with E-state index in [-0.39, 0.29) is 5.91 Å². The lowest BCUT2D eigenvalue weighted by atomic mass is 9.76. The molecule has 0 aromatic carbocycles. The fraction of sp³-hybridized carbons (Fsp3) is 0.938. The van der Waals surface area contributed by atoms with Crippen molar-refractivity contribution in [3.8, 4) is 0 Å². The molecule has 1 fully saturated rings. The maximum absolute atomic E-state index is 12.0. The molecule has 0 aliphatic heterocycles. The molecule has 0 bridgehead atoms. The topological polar surface area (TPSA) is 49.6 Å². The van der Waals surface area contributed by atoms with E-state index < -0.39 is 0 Å². The minimum absolute atomic E-state index is 0.195. The smallest absolute Gasteiger partial charge is 0.236 e. The Labute approximate surface area is 124 Å². The van der Waals surface area contributed by atoms with E-state index in [1.807, 2.05) is 14.1 Å². The maximum Gasteiger partial charge on any atom is 0.236 e.